The monoisotopic (exact) mass is 510 g/mol. The second-order valence-corrected chi connectivity index (χ2v) is 10.0. The average Bonchev–Trinajstić information content (AvgIpc) is 3.19. The lowest BCUT2D eigenvalue weighted by molar-refractivity contribution is 0.0224. The van der Waals surface area contributed by atoms with Crippen LogP contribution in [0.15, 0.2) is 78.9 Å². The molecule has 1 atom stereocenters. The van der Waals surface area contributed by atoms with Gasteiger partial charge in [0.15, 0.2) is 5.60 Å². The average molecular weight is 511 g/mol. The lowest BCUT2D eigenvalue weighted by atomic mass is 9.77. The quantitative estimate of drug-likeness (QED) is 0.277. The first kappa shape index (κ1) is 23.4. The van der Waals surface area contributed by atoms with Crippen LogP contribution in [-0.2, 0) is 10.3 Å². The number of esters is 1. The molecule has 2 aliphatic heterocycles. The van der Waals surface area contributed by atoms with E-state index in [1.165, 1.54) is 5.69 Å². The van der Waals surface area contributed by atoms with Gasteiger partial charge in [0.1, 0.15) is 11.5 Å². The molecule has 0 aromatic heterocycles. The maximum atomic E-state index is 13.0. The summed E-state index contributed by atoms with van der Waals surface area (Å²) in [6, 6.07) is 25.5. The molecule has 0 radical (unpaired) electrons. The fourth-order valence-corrected chi connectivity index (χ4v) is 5.46. The van der Waals surface area contributed by atoms with Crippen LogP contribution in [0.4, 0.5) is 17.1 Å². The molecule has 6 rings (SSSR count). The van der Waals surface area contributed by atoms with E-state index >= 15 is 0 Å². The van der Waals surface area contributed by atoms with Crippen LogP contribution in [0.2, 0.25) is 5.02 Å². The number of rotatable bonds is 5. The minimum Gasteiger partial charge on any atom is -0.456 e. The molecule has 0 saturated carbocycles. The third-order valence-electron chi connectivity index (χ3n) is 7.15. The van der Waals surface area contributed by atoms with Gasteiger partial charge < -0.3 is 19.7 Å². The Balaban J connectivity index is 1.43. The van der Waals surface area contributed by atoms with Gasteiger partial charge in [0.25, 0.3) is 0 Å². The summed E-state index contributed by atoms with van der Waals surface area (Å²) in [7, 11) is 2.10. The molecule has 186 valence electrons. The first-order valence-corrected chi connectivity index (χ1v) is 12.8. The van der Waals surface area contributed by atoms with E-state index in [2.05, 4.69) is 48.5 Å². The molecular formula is C31H27ClN2O3. The van der Waals surface area contributed by atoms with Gasteiger partial charge in [-0.1, -0.05) is 36.7 Å². The molecule has 5 nitrogen and oxygen atoms in total. The molecule has 1 spiro atoms. The van der Waals surface area contributed by atoms with Gasteiger partial charge in [0.05, 0.1) is 5.56 Å². The maximum absolute atomic E-state index is 13.0. The second-order valence-electron chi connectivity index (χ2n) is 9.62. The molecule has 2 aliphatic rings. The van der Waals surface area contributed by atoms with Crippen molar-refractivity contribution < 1.29 is 14.3 Å². The summed E-state index contributed by atoms with van der Waals surface area (Å²) >= 11 is 6.55. The second kappa shape index (κ2) is 8.86. The standard InChI is InChI=1S/C31H27ClN2O3/c1-4-15-34(3)22-12-9-20(10-13-22)33-21-11-14-25-29(17-21)36-28-16-19(2)27(32)18-26(28)31(25)24-8-6-5-7-23(24)30(35)37-31/h5-14,16-18,33H,4,15H2,1-3H3. The Hall–Kier alpha value is -3.96. The van der Waals surface area contributed by atoms with Crippen molar-refractivity contribution >= 4 is 34.6 Å². The minimum absolute atomic E-state index is 0.360. The van der Waals surface area contributed by atoms with Crippen LogP contribution in [0.5, 0.6) is 11.5 Å². The van der Waals surface area contributed by atoms with Crippen molar-refractivity contribution in [2.75, 3.05) is 23.8 Å². The Labute approximate surface area is 221 Å². The van der Waals surface area contributed by atoms with E-state index in [1.54, 1.807) is 6.07 Å². The maximum Gasteiger partial charge on any atom is 0.340 e. The fraction of sp³-hybridized carbons (Fsp3) is 0.194. The van der Waals surface area contributed by atoms with E-state index in [0.29, 0.717) is 22.1 Å². The van der Waals surface area contributed by atoms with Crippen LogP contribution in [0, 0.1) is 6.92 Å². The minimum atomic E-state index is -1.13. The van der Waals surface area contributed by atoms with Crippen molar-refractivity contribution in [3.8, 4) is 11.5 Å². The van der Waals surface area contributed by atoms with Gasteiger partial charge in [-0.2, -0.15) is 0 Å². The van der Waals surface area contributed by atoms with Crippen LogP contribution in [-0.4, -0.2) is 19.6 Å². The number of fused-ring (bicyclic) bond motifs is 6. The number of carbonyl (C=O) groups excluding carboxylic acids is 1. The van der Waals surface area contributed by atoms with Gasteiger partial charge in [0, 0.05) is 58.4 Å². The van der Waals surface area contributed by atoms with Gasteiger partial charge in [-0.15, -0.1) is 0 Å². The first-order valence-electron chi connectivity index (χ1n) is 12.4. The van der Waals surface area contributed by atoms with E-state index in [0.717, 1.165) is 46.6 Å². The predicted octanol–water partition coefficient (Wildman–Crippen LogP) is 7.81. The van der Waals surface area contributed by atoms with E-state index in [9.17, 15) is 4.79 Å². The van der Waals surface area contributed by atoms with Crippen LogP contribution in [0.1, 0.15) is 46.0 Å². The highest BCUT2D eigenvalue weighted by atomic mass is 35.5. The molecule has 0 fully saturated rings. The van der Waals surface area contributed by atoms with E-state index in [-0.39, 0.29) is 5.97 Å². The molecular weight excluding hydrogens is 484 g/mol. The number of carbonyl (C=O) groups is 1. The Kier molecular flexibility index (Phi) is 5.61. The van der Waals surface area contributed by atoms with Crippen LogP contribution >= 0.6 is 11.6 Å². The highest BCUT2D eigenvalue weighted by Crippen LogP contribution is 2.57. The van der Waals surface area contributed by atoms with Gasteiger partial charge in [-0.3, -0.25) is 0 Å². The van der Waals surface area contributed by atoms with Gasteiger partial charge in [0.2, 0.25) is 0 Å². The fourth-order valence-electron chi connectivity index (χ4n) is 5.30. The third kappa shape index (κ3) is 3.73. The summed E-state index contributed by atoms with van der Waals surface area (Å²) in [4.78, 5) is 15.3. The summed E-state index contributed by atoms with van der Waals surface area (Å²) in [5, 5.41) is 4.07. The highest BCUT2D eigenvalue weighted by Gasteiger charge is 2.53. The zero-order chi connectivity index (χ0) is 25.7. The third-order valence-corrected chi connectivity index (χ3v) is 7.56. The summed E-state index contributed by atoms with van der Waals surface area (Å²) in [6.07, 6.45) is 1.10. The SMILES string of the molecule is CCCN(C)c1ccc(Nc2ccc3c(c2)Oc2cc(C)c(Cl)cc2C32OC(=O)c3ccccc32)cc1. The van der Waals surface area contributed by atoms with Gasteiger partial charge in [-0.25, -0.2) is 4.79 Å². The van der Waals surface area contributed by atoms with E-state index in [1.807, 2.05) is 55.5 Å². The molecule has 2 heterocycles. The lowest BCUT2D eigenvalue weighted by Gasteiger charge is -2.37. The van der Waals surface area contributed by atoms with E-state index in [4.69, 9.17) is 21.1 Å². The molecule has 0 bridgehead atoms. The van der Waals surface area contributed by atoms with Crippen LogP contribution in [0.3, 0.4) is 0 Å². The zero-order valence-electron chi connectivity index (χ0n) is 21.0. The Bertz CT molecular complexity index is 1530. The molecule has 0 aliphatic carbocycles. The Morgan fingerprint density at radius 2 is 1.62 bits per heavy atom. The number of nitrogens with zero attached hydrogens (tertiary/aromatic N) is 1. The number of hydrogen-bond acceptors (Lipinski definition) is 5. The summed E-state index contributed by atoms with van der Waals surface area (Å²) in [5.74, 6) is 0.892. The number of hydrogen-bond donors (Lipinski definition) is 1. The van der Waals surface area contributed by atoms with Gasteiger partial charge >= 0.3 is 5.97 Å². The van der Waals surface area contributed by atoms with Gasteiger partial charge in [-0.05, 0) is 73.5 Å². The molecule has 0 saturated heterocycles. The van der Waals surface area contributed by atoms with Crippen molar-refractivity contribution in [1.29, 1.82) is 0 Å². The first-order chi connectivity index (χ1) is 17.9. The predicted molar refractivity (Wildman–Crippen MR) is 148 cm³/mol. The molecule has 1 N–H and O–H groups in total. The Morgan fingerprint density at radius 3 is 2.41 bits per heavy atom. The number of ether oxygens (including phenoxy) is 2. The summed E-state index contributed by atoms with van der Waals surface area (Å²) in [6.45, 7) is 5.12. The number of nitrogens with one attached hydrogen (secondary N) is 1. The molecule has 0 amide bonds. The number of benzene rings is 4. The van der Waals surface area contributed by atoms with Crippen molar-refractivity contribution in [2.45, 2.75) is 25.9 Å². The number of halogens is 1. The lowest BCUT2D eigenvalue weighted by Crippen LogP contribution is -2.33. The van der Waals surface area contributed by atoms with Crippen molar-refractivity contribution in [3.05, 3.63) is 112 Å². The molecule has 6 heteroatoms. The smallest absolute Gasteiger partial charge is 0.340 e. The summed E-state index contributed by atoms with van der Waals surface area (Å²) in [5.41, 5.74) is 5.61. The topological polar surface area (TPSA) is 50.8 Å². The van der Waals surface area contributed by atoms with Crippen molar-refractivity contribution in [2.24, 2.45) is 0 Å². The normalized spacial score (nSPS) is 16.9. The van der Waals surface area contributed by atoms with Crippen molar-refractivity contribution in [3.63, 3.8) is 0 Å². The Morgan fingerprint density at radius 1 is 0.892 bits per heavy atom. The molecule has 37 heavy (non-hydrogen) atoms. The number of aryl methyl sites for hydroxylation is 1. The van der Waals surface area contributed by atoms with Crippen LogP contribution < -0.4 is 15.0 Å². The molecule has 4 aromatic rings. The van der Waals surface area contributed by atoms with Crippen LogP contribution in [0.25, 0.3) is 0 Å². The van der Waals surface area contributed by atoms with Crippen molar-refractivity contribution in [1.82, 2.24) is 0 Å². The number of anilines is 3. The molecule has 4 aromatic carbocycles. The van der Waals surface area contributed by atoms with E-state index < -0.39 is 5.60 Å². The summed E-state index contributed by atoms with van der Waals surface area (Å²) < 4.78 is 12.6. The highest BCUT2D eigenvalue weighted by molar-refractivity contribution is 6.31. The largest absolute Gasteiger partial charge is 0.456 e. The molecule has 1 unspecified atom stereocenters. The zero-order valence-corrected chi connectivity index (χ0v) is 21.7.